The highest BCUT2D eigenvalue weighted by Crippen LogP contribution is 2.24. The second-order valence-electron chi connectivity index (χ2n) is 8.37. The normalized spacial score (nSPS) is 18.8. The van der Waals surface area contributed by atoms with Gasteiger partial charge in [0.25, 0.3) is 5.91 Å². The van der Waals surface area contributed by atoms with E-state index in [2.05, 4.69) is 40.6 Å². The lowest BCUT2D eigenvalue weighted by Gasteiger charge is -2.32. The Bertz CT molecular complexity index is 762. The Labute approximate surface area is 168 Å². The van der Waals surface area contributed by atoms with Gasteiger partial charge in [-0.25, -0.2) is 0 Å². The molecule has 1 amide bonds. The molecule has 0 atom stereocenters. The van der Waals surface area contributed by atoms with Gasteiger partial charge in [-0.15, -0.1) is 0 Å². The van der Waals surface area contributed by atoms with Crippen molar-refractivity contribution >= 4 is 11.6 Å². The first-order chi connectivity index (χ1) is 13.8. The first-order valence-corrected chi connectivity index (χ1v) is 10.8. The summed E-state index contributed by atoms with van der Waals surface area (Å²) in [6.07, 6.45) is 13.2. The Morgan fingerprint density at radius 2 is 1.75 bits per heavy atom. The second kappa shape index (κ2) is 9.22. The van der Waals surface area contributed by atoms with Gasteiger partial charge in [0.05, 0.1) is 11.3 Å². The molecule has 2 heterocycles. The van der Waals surface area contributed by atoms with Crippen molar-refractivity contribution in [3.63, 3.8) is 0 Å². The molecule has 4 nitrogen and oxygen atoms in total. The van der Waals surface area contributed by atoms with Crippen LogP contribution < -0.4 is 5.32 Å². The molecule has 1 saturated carbocycles. The molecule has 1 aromatic heterocycles. The molecular formula is C24H31N3O. The molecule has 1 aliphatic heterocycles. The zero-order chi connectivity index (χ0) is 19.2. The highest BCUT2D eigenvalue weighted by atomic mass is 16.2. The van der Waals surface area contributed by atoms with Crippen molar-refractivity contribution in [1.29, 1.82) is 0 Å². The van der Waals surface area contributed by atoms with Gasteiger partial charge < -0.3 is 10.2 Å². The Kier molecular flexibility index (Phi) is 6.25. The van der Waals surface area contributed by atoms with Gasteiger partial charge in [-0.3, -0.25) is 9.78 Å². The summed E-state index contributed by atoms with van der Waals surface area (Å²) in [4.78, 5) is 19.3. The minimum atomic E-state index is 0.123. The van der Waals surface area contributed by atoms with Crippen molar-refractivity contribution in [3.05, 3.63) is 59.9 Å². The SMILES string of the molecule is O=C(c1cncc(NC2CCCCC2)c1)N1CCC(Cc2ccccc2)CC1. The molecule has 148 valence electrons. The molecule has 0 unspecified atom stereocenters. The van der Waals surface area contributed by atoms with Crippen molar-refractivity contribution in [2.45, 2.75) is 57.4 Å². The maximum atomic E-state index is 13.0. The largest absolute Gasteiger partial charge is 0.381 e. The summed E-state index contributed by atoms with van der Waals surface area (Å²) in [5.41, 5.74) is 3.09. The summed E-state index contributed by atoms with van der Waals surface area (Å²) in [6.45, 7) is 1.69. The van der Waals surface area contributed by atoms with E-state index >= 15 is 0 Å². The number of rotatable bonds is 5. The Morgan fingerprint density at radius 3 is 2.50 bits per heavy atom. The van der Waals surface area contributed by atoms with E-state index in [0.717, 1.165) is 38.0 Å². The minimum Gasteiger partial charge on any atom is -0.381 e. The van der Waals surface area contributed by atoms with Crippen LogP contribution in [-0.4, -0.2) is 34.9 Å². The molecule has 0 bridgehead atoms. The number of carbonyl (C=O) groups excluding carboxylic acids is 1. The average Bonchev–Trinajstić information content (AvgIpc) is 2.75. The lowest BCUT2D eigenvalue weighted by Crippen LogP contribution is -2.39. The fourth-order valence-corrected chi connectivity index (χ4v) is 4.59. The Balaban J connectivity index is 1.31. The number of aromatic nitrogens is 1. The molecule has 1 aromatic carbocycles. The first kappa shape index (κ1) is 19.0. The molecular weight excluding hydrogens is 346 g/mol. The first-order valence-electron chi connectivity index (χ1n) is 10.8. The van der Waals surface area contributed by atoms with E-state index < -0.39 is 0 Å². The van der Waals surface area contributed by atoms with Crippen molar-refractivity contribution < 1.29 is 4.79 Å². The lowest BCUT2D eigenvalue weighted by molar-refractivity contribution is 0.0690. The molecule has 4 heteroatoms. The maximum Gasteiger partial charge on any atom is 0.255 e. The van der Waals surface area contributed by atoms with Gasteiger partial charge in [0.2, 0.25) is 0 Å². The Hall–Kier alpha value is -2.36. The van der Waals surface area contributed by atoms with Crippen LogP contribution in [0.15, 0.2) is 48.8 Å². The number of likely N-dealkylation sites (tertiary alicyclic amines) is 1. The van der Waals surface area contributed by atoms with Crippen LogP contribution in [-0.2, 0) is 6.42 Å². The van der Waals surface area contributed by atoms with Crippen LogP contribution in [0.2, 0.25) is 0 Å². The van der Waals surface area contributed by atoms with Crippen LogP contribution >= 0.6 is 0 Å². The maximum absolute atomic E-state index is 13.0. The van der Waals surface area contributed by atoms with E-state index in [1.807, 2.05) is 17.2 Å². The van der Waals surface area contributed by atoms with E-state index in [4.69, 9.17) is 0 Å². The number of carbonyl (C=O) groups is 1. The van der Waals surface area contributed by atoms with E-state index in [1.54, 1.807) is 6.20 Å². The number of anilines is 1. The monoisotopic (exact) mass is 377 g/mol. The fraction of sp³-hybridized carbons (Fsp3) is 0.500. The molecule has 1 aliphatic carbocycles. The van der Waals surface area contributed by atoms with Crippen LogP contribution in [0, 0.1) is 5.92 Å². The Morgan fingerprint density at radius 1 is 1.00 bits per heavy atom. The van der Waals surface area contributed by atoms with Gasteiger partial charge in [0, 0.05) is 31.5 Å². The molecule has 1 saturated heterocycles. The quantitative estimate of drug-likeness (QED) is 0.804. The smallest absolute Gasteiger partial charge is 0.255 e. The van der Waals surface area contributed by atoms with Crippen LogP contribution in [0.25, 0.3) is 0 Å². The predicted molar refractivity (Wildman–Crippen MR) is 114 cm³/mol. The number of nitrogens with one attached hydrogen (secondary N) is 1. The third-order valence-corrected chi connectivity index (χ3v) is 6.23. The second-order valence-corrected chi connectivity index (χ2v) is 8.37. The summed E-state index contributed by atoms with van der Waals surface area (Å²) < 4.78 is 0. The third kappa shape index (κ3) is 4.92. The number of piperidine rings is 1. The van der Waals surface area contributed by atoms with Crippen LogP contribution in [0.1, 0.15) is 60.9 Å². The molecule has 2 aliphatic rings. The van der Waals surface area contributed by atoms with Gasteiger partial charge in [-0.1, -0.05) is 49.6 Å². The van der Waals surface area contributed by atoms with E-state index in [1.165, 1.54) is 37.7 Å². The van der Waals surface area contributed by atoms with Gasteiger partial charge >= 0.3 is 0 Å². The van der Waals surface area contributed by atoms with E-state index in [-0.39, 0.29) is 5.91 Å². The minimum absolute atomic E-state index is 0.123. The van der Waals surface area contributed by atoms with Gasteiger partial charge in [-0.05, 0) is 49.7 Å². The van der Waals surface area contributed by atoms with Crippen LogP contribution in [0.3, 0.4) is 0 Å². The number of amides is 1. The lowest BCUT2D eigenvalue weighted by atomic mass is 9.90. The van der Waals surface area contributed by atoms with Crippen molar-refractivity contribution in [2.75, 3.05) is 18.4 Å². The number of hydrogen-bond donors (Lipinski definition) is 1. The van der Waals surface area contributed by atoms with Crippen molar-refractivity contribution in [3.8, 4) is 0 Å². The molecule has 0 radical (unpaired) electrons. The fourth-order valence-electron chi connectivity index (χ4n) is 4.59. The molecule has 28 heavy (non-hydrogen) atoms. The standard InChI is InChI=1S/C24H31N3O/c28-24(21-16-23(18-25-17-21)26-22-9-5-2-6-10-22)27-13-11-20(12-14-27)15-19-7-3-1-4-8-19/h1,3-4,7-8,16-18,20,22,26H,2,5-6,9-15H2. The number of pyridine rings is 1. The average molecular weight is 378 g/mol. The number of benzene rings is 1. The summed E-state index contributed by atoms with van der Waals surface area (Å²) in [5, 5.41) is 3.58. The van der Waals surface area contributed by atoms with Gasteiger partial charge in [-0.2, -0.15) is 0 Å². The van der Waals surface area contributed by atoms with Crippen molar-refractivity contribution in [2.24, 2.45) is 5.92 Å². The zero-order valence-electron chi connectivity index (χ0n) is 16.6. The molecule has 4 rings (SSSR count). The van der Waals surface area contributed by atoms with Crippen LogP contribution in [0.5, 0.6) is 0 Å². The molecule has 2 aromatic rings. The molecule has 0 spiro atoms. The van der Waals surface area contributed by atoms with E-state index in [0.29, 0.717) is 17.5 Å². The summed E-state index contributed by atoms with van der Waals surface area (Å²) in [7, 11) is 0. The van der Waals surface area contributed by atoms with E-state index in [9.17, 15) is 4.79 Å². The summed E-state index contributed by atoms with van der Waals surface area (Å²) in [5.74, 6) is 0.793. The number of nitrogens with zero attached hydrogens (tertiary/aromatic N) is 2. The van der Waals surface area contributed by atoms with Gasteiger partial charge in [0.15, 0.2) is 0 Å². The third-order valence-electron chi connectivity index (χ3n) is 6.23. The molecule has 1 N–H and O–H groups in total. The topological polar surface area (TPSA) is 45.2 Å². The van der Waals surface area contributed by atoms with Gasteiger partial charge in [0.1, 0.15) is 0 Å². The highest BCUT2D eigenvalue weighted by molar-refractivity contribution is 5.94. The van der Waals surface area contributed by atoms with Crippen molar-refractivity contribution in [1.82, 2.24) is 9.88 Å². The van der Waals surface area contributed by atoms with Crippen LogP contribution in [0.4, 0.5) is 5.69 Å². The molecule has 2 fully saturated rings. The zero-order valence-corrected chi connectivity index (χ0v) is 16.6. The number of hydrogen-bond acceptors (Lipinski definition) is 3. The summed E-state index contributed by atoms with van der Waals surface area (Å²) in [6, 6.07) is 13.2. The highest BCUT2D eigenvalue weighted by Gasteiger charge is 2.24. The predicted octanol–water partition coefficient (Wildman–Crippen LogP) is 4.92. The summed E-state index contributed by atoms with van der Waals surface area (Å²) >= 11 is 0.